The van der Waals surface area contributed by atoms with Crippen LogP contribution in [0.4, 0.5) is 4.79 Å². The molecule has 12 nitrogen and oxygen atoms in total. The number of fused-ring (bicyclic) bond motifs is 1. The number of aromatic nitrogens is 4. The number of tetrazole rings is 1. The molecule has 0 spiro atoms. The Labute approximate surface area is 200 Å². The number of ether oxygens (including phenoxy) is 2. The van der Waals surface area contributed by atoms with Crippen molar-refractivity contribution in [2.45, 2.75) is 25.4 Å². The van der Waals surface area contributed by atoms with E-state index in [0.717, 1.165) is 10.5 Å². The summed E-state index contributed by atoms with van der Waals surface area (Å²) in [5.74, 6) is 0.269. The van der Waals surface area contributed by atoms with Gasteiger partial charge in [-0.25, -0.2) is 9.48 Å². The van der Waals surface area contributed by atoms with Crippen LogP contribution in [0.5, 0.6) is 11.5 Å². The second kappa shape index (κ2) is 8.70. The summed E-state index contributed by atoms with van der Waals surface area (Å²) in [7, 11) is 0. The number of carbonyl (C=O) groups is 3. The summed E-state index contributed by atoms with van der Waals surface area (Å²) in [6.07, 6.45) is 1.43. The summed E-state index contributed by atoms with van der Waals surface area (Å²) < 4.78 is 12.6. The molecule has 0 aliphatic carbocycles. The van der Waals surface area contributed by atoms with Crippen LogP contribution in [-0.4, -0.2) is 62.7 Å². The predicted molar refractivity (Wildman–Crippen MR) is 121 cm³/mol. The first kappa shape index (κ1) is 22.3. The Morgan fingerprint density at radius 3 is 2.74 bits per heavy atom. The molecule has 180 valence electrons. The molecule has 4 amide bonds. The number of nitrogens with zero attached hydrogens (tertiary/aromatic N) is 5. The molecule has 35 heavy (non-hydrogen) atoms. The van der Waals surface area contributed by atoms with E-state index in [0.29, 0.717) is 36.0 Å². The lowest BCUT2D eigenvalue weighted by molar-refractivity contribution is -0.135. The molecule has 2 aliphatic heterocycles. The van der Waals surface area contributed by atoms with Crippen molar-refractivity contribution in [1.82, 2.24) is 35.7 Å². The minimum Gasteiger partial charge on any atom is -0.486 e. The first-order valence-corrected chi connectivity index (χ1v) is 11.0. The van der Waals surface area contributed by atoms with Gasteiger partial charge in [0.05, 0.1) is 11.7 Å². The van der Waals surface area contributed by atoms with Crippen LogP contribution in [0.15, 0.2) is 48.8 Å². The maximum Gasteiger partial charge on any atom is 0.325 e. The highest BCUT2D eigenvalue weighted by Crippen LogP contribution is 2.33. The summed E-state index contributed by atoms with van der Waals surface area (Å²) in [4.78, 5) is 39.6. The van der Waals surface area contributed by atoms with E-state index in [1.54, 1.807) is 37.3 Å². The first-order chi connectivity index (χ1) is 16.8. The van der Waals surface area contributed by atoms with Crippen molar-refractivity contribution in [3.05, 3.63) is 59.9 Å². The Balaban J connectivity index is 1.28. The highest BCUT2D eigenvalue weighted by atomic mass is 16.6. The van der Waals surface area contributed by atoms with Crippen LogP contribution in [0.2, 0.25) is 0 Å². The third-order valence-electron chi connectivity index (χ3n) is 6.06. The number of benzene rings is 2. The van der Waals surface area contributed by atoms with Gasteiger partial charge < -0.3 is 20.1 Å². The molecule has 3 aromatic rings. The zero-order chi connectivity index (χ0) is 24.6. The summed E-state index contributed by atoms with van der Waals surface area (Å²) in [6, 6.07) is 11.4. The second-order valence-electron chi connectivity index (χ2n) is 8.44. The fourth-order valence-corrected chi connectivity index (χ4v) is 4.12. The second-order valence-corrected chi connectivity index (χ2v) is 8.44. The Hall–Kier alpha value is -4.48. The standard InChI is InChI=1S/C23H23N7O5/c1-14(15-6-7-18-19(10-15)35-9-8-34-18)25-20(31)12-29-21(32)23(2,26-22(29)33)16-4-3-5-17(11-16)30-13-24-27-28-30/h3-7,10-11,13-14H,8-9,12H2,1-2H3,(H,25,31)(H,26,33). The minimum absolute atomic E-state index is 0.376. The van der Waals surface area contributed by atoms with Crippen molar-refractivity contribution >= 4 is 17.8 Å². The van der Waals surface area contributed by atoms with E-state index in [2.05, 4.69) is 26.2 Å². The zero-order valence-corrected chi connectivity index (χ0v) is 19.1. The normalized spacial score (nSPS) is 19.9. The molecule has 1 aromatic heterocycles. The van der Waals surface area contributed by atoms with Crippen molar-refractivity contribution in [1.29, 1.82) is 0 Å². The van der Waals surface area contributed by atoms with Gasteiger partial charge in [-0.15, -0.1) is 5.10 Å². The number of amides is 4. The molecule has 2 aromatic carbocycles. The molecule has 3 heterocycles. The number of urea groups is 1. The quantitative estimate of drug-likeness (QED) is 0.503. The SMILES string of the molecule is CC(NC(=O)CN1C(=O)NC(C)(c2cccc(-n3cnnn3)c2)C1=O)c1ccc2c(c1)OCCO2. The monoisotopic (exact) mass is 477 g/mol. The number of nitrogens with one attached hydrogen (secondary N) is 2. The fraction of sp³-hybridized carbons (Fsp3) is 0.304. The van der Waals surface area contributed by atoms with Crippen LogP contribution in [0, 0.1) is 0 Å². The third kappa shape index (κ3) is 4.14. The molecule has 5 rings (SSSR count). The third-order valence-corrected chi connectivity index (χ3v) is 6.06. The number of hydrogen-bond donors (Lipinski definition) is 2. The molecule has 0 saturated carbocycles. The van der Waals surface area contributed by atoms with Crippen molar-refractivity contribution in [3.8, 4) is 17.2 Å². The van der Waals surface area contributed by atoms with Crippen LogP contribution < -0.4 is 20.1 Å². The molecular weight excluding hydrogens is 454 g/mol. The lowest BCUT2D eigenvalue weighted by atomic mass is 9.91. The first-order valence-electron chi connectivity index (χ1n) is 11.0. The summed E-state index contributed by atoms with van der Waals surface area (Å²) >= 11 is 0. The predicted octanol–water partition coefficient (Wildman–Crippen LogP) is 1.08. The molecule has 2 aliphatic rings. The van der Waals surface area contributed by atoms with Gasteiger partial charge in [0.25, 0.3) is 5.91 Å². The van der Waals surface area contributed by atoms with Gasteiger partial charge in [0.2, 0.25) is 5.91 Å². The van der Waals surface area contributed by atoms with E-state index in [9.17, 15) is 14.4 Å². The Kier molecular flexibility index (Phi) is 5.55. The Morgan fingerprint density at radius 1 is 1.17 bits per heavy atom. The fourth-order valence-electron chi connectivity index (χ4n) is 4.12. The highest BCUT2D eigenvalue weighted by molar-refractivity contribution is 6.09. The van der Waals surface area contributed by atoms with Crippen LogP contribution in [0.1, 0.15) is 31.0 Å². The van der Waals surface area contributed by atoms with Gasteiger partial charge >= 0.3 is 6.03 Å². The van der Waals surface area contributed by atoms with Gasteiger partial charge in [-0.1, -0.05) is 18.2 Å². The summed E-state index contributed by atoms with van der Waals surface area (Å²) in [6.45, 7) is 3.94. The van der Waals surface area contributed by atoms with E-state index >= 15 is 0 Å². The summed E-state index contributed by atoms with van der Waals surface area (Å²) in [5, 5.41) is 16.6. The maximum absolute atomic E-state index is 13.3. The van der Waals surface area contributed by atoms with Gasteiger partial charge in [-0.05, 0) is 59.7 Å². The van der Waals surface area contributed by atoms with Crippen LogP contribution in [0.25, 0.3) is 5.69 Å². The Bertz CT molecular complexity index is 1300. The van der Waals surface area contributed by atoms with Gasteiger partial charge in [-0.3, -0.25) is 14.5 Å². The number of hydrogen-bond acceptors (Lipinski definition) is 8. The highest BCUT2D eigenvalue weighted by Gasteiger charge is 2.49. The summed E-state index contributed by atoms with van der Waals surface area (Å²) in [5.41, 5.74) is 0.628. The van der Waals surface area contributed by atoms with Crippen LogP contribution >= 0.6 is 0 Å². The number of imide groups is 1. The van der Waals surface area contributed by atoms with Gasteiger partial charge in [-0.2, -0.15) is 0 Å². The van der Waals surface area contributed by atoms with Crippen LogP contribution in [0.3, 0.4) is 0 Å². The van der Waals surface area contributed by atoms with E-state index in [1.807, 2.05) is 19.1 Å². The Morgan fingerprint density at radius 2 is 1.97 bits per heavy atom. The smallest absolute Gasteiger partial charge is 0.325 e. The van der Waals surface area contributed by atoms with Crippen molar-refractivity contribution in [3.63, 3.8) is 0 Å². The van der Waals surface area contributed by atoms with Gasteiger partial charge in [0.1, 0.15) is 31.6 Å². The topological polar surface area (TPSA) is 141 Å². The minimum atomic E-state index is -1.34. The molecular formula is C23H23N7O5. The molecule has 0 radical (unpaired) electrons. The molecule has 2 atom stereocenters. The van der Waals surface area contributed by atoms with Crippen molar-refractivity contribution < 1.29 is 23.9 Å². The van der Waals surface area contributed by atoms with E-state index in [-0.39, 0.29) is 6.04 Å². The molecule has 12 heteroatoms. The molecule has 1 fully saturated rings. The van der Waals surface area contributed by atoms with Crippen molar-refractivity contribution in [2.75, 3.05) is 19.8 Å². The number of carbonyl (C=O) groups excluding carboxylic acids is 3. The number of rotatable bonds is 6. The lowest BCUT2D eigenvalue weighted by Gasteiger charge is -2.23. The van der Waals surface area contributed by atoms with Crippen molar-refractivity contribution in [2.24, 2.45) is 0 Å². The van der Waals surface area contributed by atoms with Gasteiger partial charge in [0.15, 0.2) is 11.5 Å². The van der Waals surface area contributed by atoms with E-state index in [1.165, 1.54) is 11.0 Å². The van der Waals surface area contributed by atoms with Gasteiger partial charge in [0, 0.05) is 0 Å². The average molecular weight is 477 g/mol. The molecule has 2 unspecified atom stereocenters. The zero-order valence-electron chi connectivity index (χ0n) is 19.1. The van der Waals surface area contributed by atoms with E-state index < -0.39 is 29.9 Å². The lowest BCUT2D eigenvalue weighted by Crippen LogP contribution is -2.43. The average Bonchev–Trinajstić information content (AvgIpc) is 3.48. The van der Waals surface area contributed by atoms with E-state index in [4.69, 9.17) is 9.47 Å². The largest absolute Gasteiger partial charge is 0.486 e. The molecule has 0 bridgehead atoms. The molecule has 1 saturated heterocycles. The maximum atomic E-state index is 13.3. The molecule has 2 N–H and O–H groups in total. The van der Waals surface area contributed by atoms with Crippen LogP contribution in [-0.2, 0) is 15.1 Å².